The minimum Gasteiger partial charge on any atom is -0.398 e. The molecule has 3 nitrogen and oxygen atoms in total. The van der Waals surface area contributed by atoms with Crippen LogP contribution in [0.25, 0.3) is 0 Å². The van der Waals surface area contributed by atoms with Crippen LogP contribution in [0.2, 0.25) is 0 Å². The van der Waals surface area contributed by atoms with Gasteiger partial charge >= 0.3 is 0 Å². The second kappa shape index (κ2) is 5.46. The van der Waals surface area contributed by atoms with Crippen molar-refractivity contribution in [3.8, 4) is 0 Å². The maximum absolute atomic E-state index is 5.94. The molecule has 88 valence electrons. The third-order valence-electron chi connectivity index (χ3n) is 2.80. The molecule has 1 aromatic heterocycles. The highest BCUT2D eigenvalue weighted by Gasteiger charge is 2.07. The largest absolute Gasteiger partial charge is 0.398 e. The van der Waals surface area contributed by atoms with Crippen LogP contribution in [0, 0.1) is 0 Å². The van der Waals surface area contributed by atoms with E-state index in [0.29, 0.717) is 0 Å². The molecule has 0 saturated heterocycles. The molecule has 0 fully saturated rings. The zero-order valence-corrected chi connectivity index (χ0v) is 9.93. The number of nitrogens with zero attached hydrogens (tertiary/aromatic N) is 1. The van der Waals surface area contributed by atoms with Crippen molar-refractivity contribution in [3.05, 3.63) is 59.9 Å². The highest BCUT2D eigenvalue weighted by Crippen LogP contribution is 2.19. The average molecular weight is 227 g/mol. The summed E-state index contributed by atoms with van der Waals surface area (Å²) in [6, 6.07) is 12.2. The monoisotopic (exact) mass is 227 g/mol. The molecular weight excluding hydrogens is 210 g/mol. The lowest BCUT2D eigenvalue weighted by molar-refractivity contribution is 0.575. The first-order valence-corrected chi connectivity index (χ1v) is 5.74. The van der Waals surface area contributed by atoms with E-state index < -0.39 is 0 Å². The summed E-state index contributed by atoms with van der Waals surface area (Å²) in [5.41, 5.74) is 9.08. The van der Waals surface area contributed by atoms with Gasteiger partial charge in [-0.3, -0.25) is 4.98 Å². The number of hydrogen-bond acceptors (Lipinski definition) is 3. The van der Waals surface area contributed by atoms with Crippen LogP contribution >= 0.6 is 0 Å². The van der Waals surface area contributed by atoms with Crippen LogP contribution in [0.3, 0.4) is 0 Å². The van der Waals surface area contributed by atoms with Crippen LogP contribution in [0.1, 0.15) is 24.1 Å². The minimum absolute atomic E-state index is 0.233. The molecule has 1 atom stereocenters. The van der Waals surface area contributed by atoms with Crippen molar-refractivity contribution in [2.24, 2.45) is 0 Å². The summed E-state index contributed by atoms with van der Waals surface area (Å²) in [4.78, 5) is 4.09. The normalized spacial score (nSPS) is 12.3. The minimum atomic E-state index is 0.233. The molecule has 0 bridgehead atoms. The number of benzene rings is 1. The Kier molecular flexibility index (Phi) is 3.73. The van der Waals surface area contributed by atoms with E-state index in [1.807, 2.05) is 30.5 Å². The van der Waals surface area contributed by atoms with Gasteiger partial charge in [0.1, 0.15) is 0 Å². The van der Waals surface area contributed by atoms with Crippen LogP contribution in [0.4, 0.5) is 5.69 Å². The van der Waals surface area contributed by atoms with E-state index >= 15 is 0 Å². The van der Waals surface area contributed by atoms with Crippen molar-refractivity contribution < 1.29 is 0 Å². The Morgan fingerprint density at radius 2 is 2.06 bits per heavy atom. The second-order valence-corrected chi connectivity index (χ2v) is 4.09. The summed E-state index contributed by atoms with van der Waals surface area (Å²) in [7, 11) is 0. The molecular formula is C14H17N3. The number of aromatic nitrogens is 1. The smallest absolute Gasteiger partial charge is 0.0362 e. The van der Waals surface area contributed by atoms with Crippen LogP contribution in [-0.4, -0.2) is 4.98 Å². The molecule has 0 spiro atoms. The van der Waals surface area contributed by atoms with Crippen LogP contribution in [-0.2, 0) is 6.54 Å². The first-order chi connectivity index (χ1) is 8.27. The van der Waals surface area contributed by atoms with Crippen molar-refractivity contribution in [2.45, 2.75) is 19.5 Å². The van der Waals surface area contributed by atoms with Crippen LogP contribution in [0.5, 0.6) is 0 Å². The molecule has 0 radical (unpaired) electrons. The molecule has 1 aromatic carbocycles. The lowest BCUT2D eigenvalue weighted by Gasteiger charge is -2.16. The summed E-state index contributed by atoms with van der Waals surface area (Å²) in [5.74, 6) is 0. The maximum Gasteiger partial charge on any atom is 0.0362 e. The molecule has 0 aliphatic rings. The number of nitrogens with two attached hydrogens (primary N) is 1. The number of rotatable bonds is 4. The second-order valence-electron chi connectivity index (χ2n) is 4.09. The summed E-state index contributed by atoms with van der Waals surface area (Å²) < 4.78 is 0. The van der Waals surface area contributed by atoms with Gasteiger partial charge in [-0.1, -0.05) is 24.3 Å². The maximum atomic E-state index is 5.94. The van der Waals surface area contributed by atoms with Gasteiger partial charge in [-0.05, 0) is 30.2 Å². The molecule has 1 heterocycles. The van der Waals surface area contributed by atoms with E-state index in [1.165, 1.54) is 5.56 Å². The van der Waals surface area contributed by atoms with E-state index in [-0.39, 0.29) is 6.04 Å². The molecule has 17 heavy (non-hydrogen) atoms. The summed E-state index contributed by atoms with van der Waals surface area (Å²) in [5, 5.41) is 3.44. The van der Waals surface area contributed by atoms with Gasteiger partial charge in [0, 0.05) is 30.7 Å². The predicted octanol–water partition coefficient (Wildman–Crippen LogP) is 2.51. The van der Waals surface area contributed by atoms with Crippen molar-refractivity contribution >= 4 is 5.69 Å². The van der Waals surface area contributed by atoms with Crippen LogP contribution in [0.15, 0.2) is 48.8 Å². The molecule has 2 aromatic rings. The highest BCUT2D eigenvalue weighted by molar-refractivity contribution is 5.47. The quantitative estimate of drug-likeness (QED) is 0.789. The van der Waals surface area contributed by atoms with Gasteiger partial charge in [0.15, 0.2) is 0 Å². The molecule has 0 saturated carbocycles. The lowest BCUT2D eigenvalue weighted by atomic mass is 10.1. The molecule has 2 rings (SSSR count). The average Bonchev–Trinajstić information content (AvgIpc) is 2.38. The Morgan fingerprint density at radius 3 is 2.76 bits per heavy atom. The van der Waals surface area contributed by atoms with E-state index in [9.17, 15) is 0 Å². The molecule has 0 amide bonds. The molecule has 3 heteroatoms. The van der Waals surface area contributed by atoms with Crippen molar-refractivity contribution in [1.82, 2.24) is 10.3 Å². The Bertz CT molecular complexity index is 468. The van der Waals surface area contributed by atoms with Gasteiger partial charge in [-0.25, -0.2) is 0 Å². The summed E-state index contributed by atoms with van der Waals surface area (Å²) in [6.45, 7) is 2.91. The predicted molar refractivity (Wildman–Crippen MR) is 70.3 cm³/mol. The third-order valence-corrected chi connectivity index (χ3v) is 2.80. The third kappa shape index (κ3) is 3.04. The fourth-order valence-electron chi connectivity index (χ4n) is 1.79. The Morgan fingerprint density at radius 1 is 1.24 bits per heavy atom. The van der Waals surface area contributed by atoms with Gasteiger partial charge in [0.25, 0.3) is 0 Å². The van der Waals surface area contributed by atoms with Gasteiger partial charge < -0.3 is 11.1 Å². The lowest BCUT2D eigenvalue weighted by Crippen LogP contribution is -2.19. The van der Waals surface area contributed by atoms with E-state index in [4.69, 9.17) is 5.73 Å². The van der Waals surface area contributed by atoms with E-state index in [0.717, 1.165) is 17.8 Å². The highest BCUT2D eigenvalue weighted by atomic mass is 14.9. The van der Waals surface area contributed by atoms with Crippen LogP contribution < -0.4 is 11.1 Å². The SMILES string of the molecule is C[C@H](NCc1cccnc1)c1ccccc1N. The van der Waals surface area contributed by atoms with Crippen molar-refractivity contribution in [3.63, 3.8) is 0 Å². The van der Waals surface area contributed by atoms with Gasteiger partial charge in [0.2, 0.25) is 0 Å². The van der Waals surface area contributed by atoms with E-state index in [2.05, 4.69) is 29.4 Å². The number of pyridine rings is 1. The fraction of sp³-hybridized carbons (Fsp3) is 0.214. The molecule has 3 N–H and O–H groups in total. The zero-order valence-electron chi connectivity index (χ0n) is 9.93. The zero-order chi connectivity index (χ0) is 12.1. The Hall–Kier alpha value is -1.87. The standard InChI is InChI=1S/C14H17N3/c1-11(13-6-2-3-7-14(13)15)17-10-12-5-4-8-16-9-12/h2-9,11,17H,10,15H2,1H3/t11-/m0/s1. The van der Waals surface area contributed by atoms with Crippen molar-refractivity contribution in [1.29, 1.82) is 0 Å². The van der Waals surface area contributed by atoms with Gasteiger partial charge in [-0.2, -0.15) is 0 Å². The summed E-state index contributed by atoms with van der Waals surface area (Å²) in [6.07, 6.45) is 3.65. The van der Waals surface area contributed by atoms with Gasteiger partial charge in [-0.15, -0.1) is 0 Å². The topological polar surface area (TPSA) is 50.9 Å². The van der Waals surface area contributed by atoms with Crippen molar-refractivity contribution in [2.75, 3.05) is 5.73 Å². The number of hydrogen-bond donors (Lipinski definition) is 2. The Balaban J connectivity index is 1.99. The molecule has 0 unspecified atom stereocenters. The number of nitrogens with one attached hydrogen (secondary N) is 1. The fourth-order valence-corrected chi connectivity index (χ4v) is 1.79. The number of nitrogen functional groups attached to an aromatic ring is 1. The molecule has 0 aliphatic heterocycles. The first-order valence-electron chi connectivity index (χ1n) is 5.74. The Labute approximate surface area is 102 Å². The van der Waals surface area contributed by atoms with Gasteiger partial charge in [0.05, 0.1) is 0 Å². The first kappa shape index (κ1) is 11.6. The van der Waals surface area contributed by atoms with E-state index in [1.54, 1.807) is 6.20 Å². The summed E-state index contributed by atoms with van der Waals surface area (Å²) >= 11 is 0. The number of para-hydroxylation sites is 1. The molecule has 0 aliphatic carbocycles. The number of anilines is 1.